The summed E-state index contributed by atoms with van der Waals surface area (Å²) in [5.74, 6) is 0.0478. The van der Waals surface area contributed by atoms with Crippen molar-refractivity contribution in [2.75, 3.05) is 17.7 Å². The summed E-state index contributed by atoms with van der Waals surface area (Å²) >= 11 is 5.53. The Bertz CT molecular complexity index is 701. The van der Waals surface area contributed by atoms with Gasteiger partial charge in [-0.3, -0.25) is 4.79 Å². The first-order valence-corrected chi connectivity index (χ1v) is 6.92. The fourth-order valence-electron chi connectivity index (χ4n) is 1.69. The molecular weight excluding hydrogens is 290 g/mol. The van der Waals surface area contributed by atoms with Gasteiger partial charge in [-0.1, -0.05) is 0 Å². The van der Waals surface area contributed by atoms with Crippen LogP contribution >= 0.6 is 11.6 Å². The second kappa shape index (κ2) is 7.31. The maximum atomic E-state index is 11.7. The summed E-state index contributed by atoms with van der Waals surface area (Å²) in [6.45, 7) is 0.446. The van der Waals surface area contributed by atoms with Gasteiger partial charge >= 0.3 is 0 Å². The minimum absolute atomic E-state index is 0.00859. The van der Waals surface area contributed by atoms with E-state index < -0.39 is 5.91 Å². The number of rotatable bonds is 6. The number of hydrogen-bond acceptors (Lipinski definition) is 4. The predicted octanol–water partition coefficient (Wildman–Crippen LogP) is 2.13. The molecule has 0 aliphatic heterocycles. The van der Waals surface area contributed by atoms with E-state index in [1.807, 2.05) is 24.3 Å². The van der Waals surface area contributed by atoms with E-state index in [9.17, 15) is 4.79 Å². The normalized spacial score (nSPS) is 11.1. The van der Waals surface area contributed by atoms with Crippen LogP contribution in [0.1, 0.15) is 6.42 Å². The number of nitrogens with zero attached hydrogens (tertiary/aromatic N) is 2. The van der Waals surface area contributed by atoms with E-state index in [4.69, 9.17) is 16.9 Å². The molecule has 0 saturated heterocycles. The molecule has 1 amide bonds. The summed E-state index contributed by atoms with van der Waals surface area (Å²) in [6.07, 6.45) is 3.65. The molecule has 1 aromatic carbocycles. The van der Waals surface area contributed by atoms with Crippen LogP contribution in [-0.4, -0.2) is 28.3 Å². The fourth-order valence-corrected chi connectivity index (χ4v) is 1.83. The smallest absolute Gasteiger partial charge is 0.263 e. The Morgan fingerprint density at radius 1 is 1.52 bits per heavy atom. The van der Waals surface area contributed by atoms with E-state index >= 15 is 0 Å². The predicted molar refractivity (Wildman–Crippen MR) is 81.8 cm³/mol. The van der Waals surface area contributed by atoms with Gasteiger partial charge in [-0.2, -0.15) is 5.26 Å². The summed E-state index contributed by atoms with van der Waals surface area (Å²) in [5, 5.41) is 14.6. The third kappa shape index (κ3) is 3.97. The molecular formula is C14H14ClN5O. The van der Waals surface area contributed by atoms with Crippen LogP contribution in [-0.2, 0) is 4.79 Å². The molecule has 108 valence electrons. The number of halogens is 1. The summed E-state index contributed by atoms with van der Waals surface area (Å²) in [6, 6.07) is 7.37. The van der Waals surface area contributed by atoms with Gasteiger partial charge in [-0.05, 0) is 24.6 Å². The third-order valence-corrected chi connectivity index (χ3v) is 3.03. The van der Waals surface area contributed by atoms with Crippen molar-refractivity contribution >= 4 is 34.2 Å². The van der Waals surface area contributed by atoms with Crippen LogP contribution < -0.4 is 10.6 Å². The molecule has 1 aromatic heterocycles. The molecule has 0 bridgehead atoms. The maximum absolute atomic E-state index is 11.7. The first kappa shape index (κ1) is 14.9. The van der Waals surface area contributed by atoms with Gasteiger partial charge in [0.25, 0.3) is 5.91 Å². The highest BCUT2D eigenvalue weighted by Crippen LogP contribution is 2.15. The standard InChI is InChI=1S/C14H14ClN5O/c15-4-1-5-17-14(21)10(7-16)8-18-11-2-3-12-13(6-11)20-9-19-12/h2-3,6,8-9,18H,1,4-5H2,(H,17,21)(H,19,20)/b10-8-. The molecule has 0 saturated carbocycles. The van der Waals surface area contributed by atoms with Gasteiger partial charge in [-0.25, -0.2) is 4.98 Å². The third-order valence-electron chi connectivity index (χ3n) is 2.76. The quantitative estimate of drug-likeness (QED) is 0.330. The molecule has 0 aliphatic carbocycles. The molecule has 0 unspecified atom stereocenters. The number of carbonyl (C=O) groups is 1. The van der Waals surface area contributed by atoms with E-state index in [1.54, 1.807) is 6.33 Å². The second-order valence-electron chi connectivity index (χ2n) is 4.25. The average Bonchev–Trinajstić information content (AvgIpc) is 2.95. The van der Waals surface area contributed by atoms with Crippen molar-refractivity contribution in [2.45, 2.75) is 6.42 Å². The lowest BCUT2D eigenvalue weighted by molar-refractivity contribution is -0.117. The van der Waals surface area contributed by atoms with Crippen LogP contribution in [0.25, 0.3) is 11.0 Å². The highest BCUT2D eigenvalue weighted by atomic mass is 35.5. The Kier molecular flexibility index (Phi) is 5.18. The number of amides is 1. The zero-order valence-corrected chi connectivity index (χ0v) is 11.9. The van der Waals surface area contributed by atoms with Gasteiger partial charge < -0.3 is 15.6 Å². The van der Waals surface area contributed by atoms with Gasteiger partial charge in [0.05, 0.1) is 17.4 Å². The number of aromatic amines is 1. The number of nitrogens with one attached hydrogen (secondary N) is 3. The highest BCUT2D eigenvalue weighted by molar-refractivity contribution is 6.17. The molecule has 0 atom stereocenters. The number of H-pyrrole nitrogens is 1. The number of fused-ring (bicyclic) bond motifs is 1. The van der Waals surface area contributed by atoms with Gasteiger partial charge in [-0.15, -0.1) is 11.6 Å². The van der Waals surface area contributed by atoms with Crippen LogP contribution in [0, 0.1) is 11.3 Å². The van der Waals surface area contributed by atoms with E-state index in [0.717, 1.165) is 16.7 Å². The van der Waals surface area contributed by atoms with Gasteiger partial charge in [0.15, 0.2) is 0 Å². The van der Waals surface area contributed by atoms with E-state index in [1.165, 1.54) is 6.20 Å². The van der Waals surface area contributed by atoms with Crippen molar-refractivity contribution in [1.29, 1.82) is 5.26 Å². The number of hydrogen-bond donors (Lipinski definition) is 3. The lowest BCUT2D eigenvalue weighted by atomic mass is 10.2. The van der Waals surface area contributed by atoms with E-state index in [-0.39, 0.29) is 5.57 Å². The minimum atomic E-state index is -0.419. The zero-order valence-electron chi connectivity index (χ0n) is 11.2. The number of carbonyl (C=O) groups excluding carboxylic acids is 1. The van der Waals surface area contributed by atoms with Crippen LogP contribution in [0.15, 0.2) is 36.3 Å². The minimum Gasteiger partial charge on any atom is -0.360 e. The van der Waals surface area contributed by atoms with Crippen LogP contribution in [0.2, 0.25) is 0 Å². The Hall–Kier alpha value is -2.52. The Balaban J connectivity index is 2.03. The Morgan fingerprint density at radius 3 is 3.14 bits per heavy atom. The first-order valence-electron chi connectivity index (χ1n) is 6.38. The first-order chi connectivity index (χ1) is 10.2. The number of nitriles is 1. The second-order valence-corrected chi connectivity index (χ2v) is 4.63. The molecule has 0 aliphatic rings. The van der Waals surface area contributed by atoms with Crippen molar-refractivity contribution in [1.82, 2.24) is 15.3 Å². The Morgan fingerprint density at radius 2 is 2.38 bits per heavy atom. The molecule has 7 heteroatoms. The number of imidazole rings is 1. The fraction of sp³-hybridized carbons (Fsp3) is 0.214. The summed E-state index contributed by atoms with van der Waals surface area (Å²) in [5.41, 5.74) is 2.49. The lowest BCUT2D eigenvalue weighted by Crippen LogP contribution is -2.26. The summed E-state index contributed by atoms with van der Waals surface area (Å²) in [7, 11) is 0. The van der Waals surface area contributed by atoms with Crippen molar-refractivity contribution in [3.05, 3.63) is 36.3 Å². The zero-order chi connectivity index (χ0) is 15.1. The maximum Gasteiger partial charge on any atom is 0.263 e. The molecule has 6 nitrogen and oxygen atoms in total. The van der Waals surface area contributed by atoms with Crippen molar-refractivity contribution in [2.24, 2.45) is 0 Å². The van der Waals surface area contributed by atoms with Gasteiger partial charge in [0.2, 0.25) is 0 Å². The number of benzene rings is 1. The van der Waals surface area contributed by atoms with Crippen LogP contribution in [0.4, 0.5) is 5.69 Å². The van der Waals surface area contributed by atoms with E-state index in [0.29, 0.717) is 18.8 Å². The summed E-state index contributed by atoms with van der Waals surface area (Å²) < 4.78 is 0. The topological polar surface area (TPSA) is 93.6 Å². The van der Waals surface area contributed by atoms with E-state index in [2.05, 4.69) is 20.6 Å². The Labute approximate surface area is 126 Å². The molecule has 0 fully saturated rings. The lowest BCUT2D eigenvalue weighted by Gasteiger charge is -2.04. The molecule has 2 aromatic rings. The highest BCUT2D eigenvalue weighted by Gasteiger charge is 2.07. The largest absolute Gasteiger partial charge is 0.360 e. The molecule has 3 N–H and O–H groups in total. The molecule has 0 radical (unpaired) electrons. The van der Waals surface area contributed by atoms with Crippen molar-refractivity contribution in [3.63, 3.8) is 0 Å². The average molecular weight is 304 g/mol. The molecule has 2 rings (SSSR count). The monoisotopic (exact) mass is 303 g/mol. The van der Waals surface area contributed by atoms with Crippen molar-refractivity contribution < 1.29 is 4.79 Å². The molecule has 1 heterocycles. The molecule has 21 heavy (non-hydrogen) atoms. The van der Waals surface area contributed by atoms with Crippen LogP contribution in [0.5, 0.6) is 0 Å². The molecule has 0 spiro atoms. The number of aromatic nitrogens is 2. The summed E-state index contributed by atoms with van der Waals surface area (Å²) in [4.78, 5) is 18.8. The number of anilines is 1. The number of alkyl halides is 1. The van der Waals surface area contributed by atoms with Gasteiger partial charge in [0.1, 0.15) is 11.6 Å². The van der Waals surface area contributed by atoms with Crippen LogP contribution in [0.3, 0.4) is 0 Å². The SMILES string of the molecule is N#C/C(=C/Nc1ccc2nc[nH]c2c1)C(=O)NCCCCl. The van der Waals surface area contributed by atoms with Crippen molar-refractivity contribution in [3.8, 4) is 6.07 Å². The van der Waals surface area contributed by atoms with Gasteiger partial charge in [0, 0.05) is 24.3 Å².